The quantitative estimate of drug-likeness (QED) is 0.714. The topological polar surface area (TPSA) is 12.0 Å². The Kier molecular flexibility index (Phi) is 4.65. The SMILES string of the molecule is Fc1ccc(Br)c(NCc2ccc(Cl)c(Br)c2)c1. The minimum absolute atomic E-state index is 0.266. The minimum Gasteiger partial charge on any atom is -0.380 e. The molecule has 0 radical (unpaired) electrons. The Balaban J connectivity index is 2.11. The normalized spacial score (nSPS) is 10.4. The van der Waals surface area contributed by atoms with E-state index in [2.05, 4.69) is 37.2 Å². The van der Waals surface area contributed by atoms with E-state index in [-0.39, 0.29) is 5.82 Å². The predicted molar refractivity (Wildman–Crippen MR) is 80.6 cm³/mol. The molecule has 0 bridgehead atoms. The van der Waals surface area contributed by atoms with Crippen LogP contribution >= 0.6 is 43.5 Å². The van der Waals surface area contributed by atoms with Crippen LogP contribution in [0.2, 0.25) is 5.02 Å². The van der Waals surface area contributed by atoms with Gasteiger partial charge in [0.15, 0.2) is 0 Å². The van der Waals surface area contributed by atoms with E-state index >= 15 is 0 Å². The Morgan fingerprint density at radius 2 is 1.83 bits per heavy atom. The van der Waals surface area contributed by atoms with E-state index in [4.69, 9.17) is 11.6 Å². The molecule has 1 nitrogen and oxygen atoms in total. The van der Waals surface area contributed by atoms with Crippen LogP contribution in [0.25, 0.3) is 0 Å². The second-order valence-corrected chi connectivity index (χ2v) is 5.84. The highest BCUT2D eigenvalue weighted by atomic mass is 79.9. The number of halogens is 4. The van der Waals surface area contributed by atoms with E-state index in [9.17, 15) is 4.39 Å². The Labute approximate surface area is 127 Å². The lowest BCUT2D eigenvalue weighted by molar-refractivity contribution is 0.628. The van der Waals surface area contributed by atoms with Crippen LogP contribution in [0.3, 0.4) is 0 Å². The van der Waals surface area contributed by atoms with E-state index in [1.807, 2.05) is 18.2 Å². The van der Waals surface area contributed by atoms with Gasteiger partial charge in [-0.25, -0.2) is 4.39 Å². The molecule has 0 fully saturated rings. The summed E-state index contributed by atoms with van der Waals surface area (Å²) in [6, 6.07) is 10.2. The highest BCUT2D eigenvalue weighted by Crippen LogP contribution is 2.26. The van der Waals surface area contributed by atoms with Crippen LogP contribution in [-0.2, 0) is 6.54 Å². The van der Waals surface area contributed by atoms with Gasteiger partial charge in [0, 0.05) is 15.5 Å². The van der Waals surface area contributed by atoms with E-state index in [0.29, 0.717) is 11.6 Å². The number of hydrogen-bond acceptors (Lipinski definition) is 1. The van der Waals surface area contributed by atoms with Gasteiger partial charge in [0.25, 0.3) is 0 Å². The largest absolute Gasteiger partial charge is 0.380 e. The maximum Gasteiger partial charge on any atom is 0.125 e. The van der Waals surface area contributed by atoms with Gasteiger partial charge in [-0.3, -0.25) is 0 Å². The molecule has 94 valence electrons. The van der Waals surface area contributed by atoms with Gasteiger partial charge in [-0.2, -0.15) is 0 Å². The number of hydrogen-bond donors (Lipinski definition) is 1. The van der Waals surface area contributed by atoms with Crippen molar-refractivity contribution in [3.05, 3.63) is 61.7 Å². The van der Waals surface area contributed by atoms with Crippen molar-refractivity contribution in [1.29, 1.82) is 0 Å². The molecule has 0 unspecified atom stereocenters. The van der Waals surface area contributed by atoms with Crippen LogP contribution in [0.5, 0.6) is 0 Å². The molecule has 0 spiro atoms. The maximum atomic E-state index is 13.1. The molecule has 0 saturated carbocycles. The van der Waals surface area contributed by atoms with Crippen LogP contribution < -0.4 is 5.32 Å². The fourth-order valence-corrected chi connectivity index (χ4v) is 2.41. The summed E-state index contributed by atoms with van der Waals surface area (Å²) < 4.78 is 14.8. The zero-order valence-electron chi connectivity index (χ0n) is 9.18. The van der Waals surface area contributed by atoms with Crippen molar-refractivity contribution in [3.63, 3.8) is 0 Å². The van der Waals surface area contributed by atoms with E-state index in [1.54, 1.807) is 6.07 Å². The fraction of sp³-hybridized carbons (Fsp3) is 0.0769. The molecule has 0 aliphatic heterocycles. The monoisotopic (exact) mass is 391 g/mol. The number of rotatable bonds is 3. The van der Waals surface area contributed by atoms with Crippen molar-refractivity contribution < 1.29 is 4.39 Å². The van der Waals surface area contributed by atoms with Gasteiger partial charge in [0.1, 0.15) is 5.82 Å². The molecule has 2 aromatic rings. The number of anilines is 1. The first-order valence-electron chi connectivity index (χ1n) is 5.19. The van der Waals surface area contributed by atoms with Crippen LogP contribution in [0.15, 0.2) is 45.3 Å². The summed E-state index contributed by atoms with van der Waals surface area (Å²) in [5.74, 6) is -0.266. The summed E-state index contributed by atoms with van der Waals surface area (Å²) in [6.45, 7) is 0.595. The summed E-state index contributed by atoms with van der Waals surface area (Å²) in [6.07, 6.45) is 0. The van der Waals surface area contributed by atoms with Gasteiger partial charge in [-0.1, -0.05) is 17.7 Å². The molecule has 18 heavy (non-hydrogen) atoms. The van der Waals surface area contributed by atoms with Crippen molar-refractivity contribution in [2.45, 2.75) is 6.54 Å². The molecule has 2 rings (SSSR count). The molecule has 0 saturated heterocycles. The first-order chi connectivity index (χ1) is 8.56. The van der Waals surface area contributed by atoms with Crippen molar-refractivity contribution >= 4 is 49.1 Å². The molecule has 0 aromatic heterocycles. The molecule has 0 amide bonds. The van der Waals surface area contributed by atoms with Gasteiger partial charge in [-0.15, -0.1) is 0 Å². The zero-order chi connectivity index (χ0) is 13.1. The third-order valence-electron chi connectivity index (χ3n) is 2.40. The highest BCUT2D eigenvalue weighted by Gasteiger charge is 2.03. The van der Waals surface area contributed by atoms with Crippen LogP contribution in [0.4, 0.5) is 10.1 Å². The van der Waals surface area contributed by atoms with Crippen molar-refractivity contribution in [1.82, 2.24) is 0 Å². The number of nitrogens with one attached hydrogen (secondary N) is 1. The Morgan fingerprint density at radius 3 is 2.56 bits per heavy atom. The van der Waals surface area contributed by atoms with Crippen LogP contribution in [-0.4, -0.2) is 0 Å². The average molecular weight is 393 g/mol. The van der Waals surface area contributed by atoms with Crippen molar-refractivity contribution in [2.75, 3.05) is 5.32 Å². The van der Waals surface area contributed by atoms with Crippen molar-refractivity contribution in [3.8, 4) is 0 Å². The Bertz CT molecular complexity index is 575. The maximum absolute atomic E-state index is 13.1. The summed E-state index contributed by atoms with van der Waals surface area (Å²) in [5.41, 5.74) is 1.78. The van der Waals surface area contributed by atoms with Crippen LogP contribution in [0.1, 0.15) is 5.56 Å². The molecular formula is C13H9Br2ClFN. The van der Waals surface area contributed by atoms with E-state index in [0.717, 1.165) is 20.2 Å². The second kappa shape index (κ2) is 6.04. The summed E-state index contributed by atoms with van der Waals surface area (Å²) in [7, 11) is 0. The summed E-state index contributed by atoms with van der Waals surface area (Å²) >= 11 is 12.7. The summed E-state index contributed by atoms with van der Waals surface area (Å²) in [5, 5.41) is 3.84. The highest BCUT2D eigenvalue weighted by molar-refractivity contribution is 9.11. The Morgan fingerprint density at radius 1 is 1.06 bits per heavy atom. The van der Waals surface area contributed by atoms with Gasteiger partial charge in [-0.05, 0) is 67.8 Å². The van der Waals surface area contributed by atoms with Crippen LogP contribution in [0, 0.1) is 5.82 Å². The van der Waals surface area contributed by atoms with Gasteiger partial charge >= 0.3 is 0 Å². The fourth-order valence-electron chi connectivity index (χ4n) is 1.48. The Hall–Kier alpha value is -0.580. The lowest BCUT2D eigenvalue weighted by Crippen LogP contribution is -2.00. The minimum atomic E-state index is -0.266. The zero-order valence-corrected chi connectivity index (χ0v) is 13.1. The third kappa shape index (κ3) is 3.46. The first kappa shape index (κ1) is 13.8. The molecule has 0 aliphatic rings. The lowest BCUT2D eigenvalue weighted by Gasteiger charge is -2.09. The molecule has 2 aromatic carbocycles. The lowest BCUT2D eigenvalue weighted by atomic mass is 10.2. The molecule has 0 atom stereocenters. The van der Waals surface area contributed by atoms with Gasteiger partial charge in [0.2, 0.25) is 0 Å². The molecule has 1 N–H and O–H groups in total. The van der Waals surface area contributed by atoms with Gasteiger partial charge < -0.3 is 5.32 Å². The van der Waals surface area contributed by atoms with E-state index in [1.165, 1.54) is 12.1 Å². The molecule has 0 aliphatic carbocycles. The second-order valence-electron chi connectivity index (χ2n) is 3.73. The smallest absolute Gasteiger partial charge is 0.125 e. The third-order valence-corrected chi connectivity index (χ3v) is 4.30. The predicted octanol–water partition coefficient (Wildman–Crippen LogP) is 5.62. The average Bonchev–Trinajstić information content (AvgIpc) is 2.34. The molecule has 5 heteroatoms. The molecule has 0 heterocycles. The number of benzene rings is 2. The van der Waals surface area contributed by atoms with Gasteiger partial charge in [0.05, 0.1) is 10.7 Å². The van der Waals surface area contributed by atoms with E-state index < -0.39 is 0 Å². The first-order valence-corrected chi connectivity index (χ1v) is 7.15. The standard InChI is InChI=1S/C13H9Br2ClFN/c14-10-3-2-9(17)6-13(10)18-7-8-1-4-12(16)11(15)5-8/h1-6,18H,7H2. The molecular weight excluding hydrogens is 384 g/mol. The summed E-state index contributed by atoms with van der Waals surface area (Å²) in [4.78, 5) is 0. The van der Waals surface area contributed by atoms with Crippen molar-refractivity contribution in [2.24, 2.45) is 0 Å².